The zero-order valence-corrected chi connectivity index (χ0v) is 15.3. The van der Waals surface area contributed by atoms with E-state index < -0.39 is 18.1 Å². The summed E-state index contributed by atoms with van der Waals surface area (Å²) in [6, 6.07) is 4.36. The van der Waals surface area contributed by atoms with Crippen LogP contribution in [-0.2, 0) is 11.2 Å². The monoisotopic (exact) mass is 387 g/mol. The molecule has 0 amide bonds. The van der Waals surface area contributed by atoms with Crippen molar-refractivity contribution in [1.29, 1.82) is 0 Å². The number of aromatic nitrogens is 2. The van der Waals surface area contributed by atoms with Gasteiger partial charge in [0.1, 0.15) is 5.69 Å². The van der Waals surface area contributed by atoms with Crippen LogP contribution >= 0.6 is 12.3 Å². The molecule has 0 saturated carbocycles. The van der Waals surface area contributed by atoms with Gasteiger partial charge < -0.3 is 14.7 Å². The molecular formula is C16H19F2N3O4S. The minimum atomic E-state index is -3.01. The third-order valence-corrected chi connectivity index (χ3v) is 3.73. The number of hydrogen-bond acceptors (Lipinski definition) is 7. The maximum absolute atomic E-state index is 13.0. The largest absolute Gasteiger partial charge is 0.472 e. The van der Waals surface area contributed by atoms with Gasteiger partial charge in [-0.1, -0.05) is 0 Å². The molecule has 0 spiro atoms. The number of hydrogen-bond donors (Lipinski definition) is 1. The van der Waals surface area contributed by atoms with E-state index in [0.717, 1.165) is 23.8 Å². The lowest BCUT2D eigenvalue weighted by Gasteiger charge is -2.15. The summed E-state index contributed by atoms with van der Waals surface area (Å²) in [6.45, 7) is 2.12. The van der Waals surface area contributed by atoms with Crippen molar-refractivity contribution in [3.63, 3.8) is 0 Å². The summed E-state index contributed by atoms with van der Waals surface area (Å²) in [5.74, 6) is -2.75. The number of nitrogen functional groups attached to an aromatic ring is 1. The molecule has 0 unspecified atom stereocenters. The van der Waals surface area contributed by atoms with E-state index in [1.54, 1.807) is 6.92 Å². The molecule has 10 heteroatoms. The summed E-state index contributed by atoms with van der Waals surface area (Å²) >= 11 is 0.736. The molecule has 0 fully saturated rings. The second kappa shape index (κ2) is 8.37. The highest BCUT2D eigenvalue weighted by Gasteiger charge is 2.23. The fraction of sp³-hybridized carbons (Fsp3) is 0.375. The number of ether oxygens (including phenoxy) is 1. The summed E-state index contributed by atoms with van der Waals surface area (Å²) in [7, 11) is 1.42. The molecule has 0 aliphatic rings. The highest BCUT2D eigenvalue weighted by molar-refractivity contribution is 7.90. The predicted octanol–water partition coefficient (Wildman–Crippen LogP) is 3.04. The number of rotatable bonds is 8. The van der Waals surface area contributed by atoms with Crippen LogP contribution in [0.15, 0.2) is 29.2 Å². The van der Waals surface area contributed by atoms with Crippen LogP contribution < -0.4 is 20.2 Å². The van der Waals surface area contributed by atoms with Crippen molar-refractivity contribution in [1.82, 2.24) is 9.55 Å². The molecule has 0 aromatic carbocycles. The first-order valence-corrected chi connectivity index (χ1v) is 8.32. The van der Waals surface area contributed by atoms with Gasteiger partial charge in [0.15, 0.2) is 18.2 Å². The molecule has 2 rings (SSSR count). The van der Waals surface area contributed by atoms with Gasteiger partial charge >= 0.3 is 0 Å². The fourth-order valence-electron chi connectivity index (χ4n) is 1.98. The smallest absolute Gasteiger partial charge is 0.278 e. The molecule has 2 aromatic heterocycles. The van der Waals surface area contributed by atoms with Crippen LogP contribution in [0.4, 0.5) is 14.5 Å². The highest BCUT2D eigenvalue weighted by Crippen LogP contribution is 2.31. The normalized spacial score (nSPS) is 11.4. The molecule has 2 N–H and O–H groups in total. The molecule has 7 nitrogen and oxygen atoms in total. The predicted molar refractivity (Wildman–Crippen MR) is 95.3 cm³/mol. The van der Waals surface area contributed by atoms with Crippen LogP contribution in [0.3, 0.4) is 0 Å². The Morgan fingerprint density at radius 3 is 2.77 bits per heavy atom. The Hall–Kier alpha value is -2.33. The minimum absolute atomic E-state index is 0.0156. The second-order valence-corrected chi connectivity index (χ2v) is 6.02. The van der Waals surface area contributed by atoms with Gasteiger partial charge in [-0.15, -0.1) is 0 Å². The zero-order valence-electron chi connectivity index (χ0n) is 14.5. The molecule has 2 heterocycles. The van der Waals surface area contributed by atoms with Gasteiger partial charge in [0.2, 0.25) is 12.3 Å². The SMILES string of the molecule is CCOSOc1cc(N)cnc1-c1ccc(OCC(C)(F)F)n(C)c1=O. The van der Waals surface area contributed by atoms with Crippen molar-refractivity contribution in [3.8, 4) is 22.9 Å². The number of pyridine rings is 2. The average Bonchev–Trinajstić information content (AvgIpc) is 2.56. The van der Waals surface area contributed by atoms with Gasteiger partial charge in [0, 0.05) is 20.0 Å². The highest BCUT2D eigenvalue weighted by atomic mass is 32.2. The fourth-order valence-corrected chi connectivity index (χ4v) is 2.32. The van der Waals surface area contributed by atoms with E-state index in [0.29, 0.717) is 12.3 Å². The van der Waals surface area contributed by atoms with Gasteiger partial charge in [-0.2, -0.15) is 0 Å². The Balaban J connectivity index is 2.37. The van der Waals surface area contributed by atoms with Crippen LogP contribution in [-0.4, -0.2) is 28.7 Å². The third-order valence-electron chi connectivity index (χ3n) is 3.15. The zero-order chi connectivity index (χ0) is 19.3. The van der Waals surface area contributed by atoms with Crippen LogP contribution in [0.1, 0.15) is 13.8 Å². The van der Waals surface area contributed by atoms with Crippen molar-refractivity contribution >= 4 is 18.0 Å². The lowest BCUT2D eigenvalue weighted by atomic mass is 10.1. The van der Waals surface area contributed by atoms with E-state index in [9.17, 15) is 13.6 Å². The Morgan fingerprint density at radius 1 is 1.38 bits per heavy atom. The van der Waals surface area contributed by atoms with E-state index in [-0.39, 0.29) is 22.9 Å². The number of halogens is 2. The Morgan fingerprint density at radius 2 is 2.12 bits per heavy atom. The third kappa shape index (κ3) is 5.09. The van der Waals surface area contributed by atoms with Gasteiger partial charge in [-0.3, -0.25) is 13.5 Å². The quantitative estimate of drug-likeness (QED) is 0.550. The van der Waals surface area contributed by atoms with E-state index in [2.05, 4.69) is 4.98 Å². The van der Waals surface area contributed by atoms with Crippen LogP contribution in [0.25, 0.3) is 11.3 Å². The number of nitrogens with two attached hydrogens (primary N) is 1. The van der Waals surface area contributed by atoms with Crippen molar-refractivity contribution in [3.05, 3.63) is 34.7 Å². The number of nitrogens with zero attached hydrogens (tertiary/aromatic N) is 2. The Kier molecular flexibility index (Phi) is 6.43. The molecule has 0 aliphatic carbocycles. The van der Waals surface area contributed by atoms with Gasteiger partial charge in [0.05, 0.1) is 24.1 Å². The Labute approximate surface area is 153 Å². The first-order chi connectivity index (χ1) is 12.2. The second-order valence-electron chi connectivity index (χ2n) is 5.48. The summed E-state index contributed by atoms with van der Waals surface area (Å²) < 4.78 is 42.5. The molecule has 26 heavy (non-hydrogen) atoms. The van der Waals surface area contributed by atoms with Crippen molar-refractivity contribution < 1.29 is 21.9 Å². The Bertz CT molecular complexity index is 824. The van der Waals surface area contributed by atoms with Crippen LogP contribution in [0, 0.1) is 0 Å². The maximum Gasteiger partial charge on any atom is 0.278 e. The molecule has 0 bridgehead atoms. The van der Waals surface area contributed by atoms with E-state index >= 15 is 0 Å². The summed E-state index contributed by atoms with van der Waals surface area (Å²) in [5.41, 5.74) is 6.04. The van der Waals surface area contributed by atoms with Gasteiger partial charge in [-0.05, 0) is 19.1 Å². The molecule has 142 valence electrons. The topological polar surface area (TPSA) is 88.6 Å². The number of anilines is 1. The molecular weight excluding hydrogens is 368 g/mol. The van der Waals surface area contributed by atoms with E-state index in [1.165, 1.54) is 31.4 Å². The van der Waals surface area contributed by atoms with E-state index in [1.807, 2.05) is 0 Å². The van der Waals surface area contributed by atoms with Crippen LogP contribution in [0.2, 0.25) is 0 Å². The molecule has 0 saturated heterocycles. The minimum Gasteiger partial charge on any atom is -0.472 e. The van der Waals surface area contributed by atoms with Crippen molar-refractivity contribution in [2.75, 3.05) is 18.9 Å². The lowest BCUT2D eigenvalue weighted by molar-refractivity contribution is -0.0252. The first kappa shape index (κ1) is 20.0. The summed E-state index contributed by atoms with van der Waals surface area (Å²) in [6.07, 6.45) is 1.38. The first-order valence-electron chi connectivity index (χ1n) is 7.65. The summed E-state index contributed by atoms with van der Waals surface area (Å²) in [4.78, 5) is 16.8. The summed E-state index contributed by atoms with van der Waals surface area (Å²) in [5, 5.41) is 0. The average molecular weight is 387 g/mol. The molecule has 0 atom stereocenters. The number of alkyl halides is 2. The van der Waals surface area contributed by atoms with E-state index in [4.69, 9.17) is 18.8 Å². The lowest BCUT2D eigenvalue weighted by Crippen LogP contribution is -2.26. The van der Waals surface area contributed by atoms with Crippen molar-refractivity contribution in [2.45, 2.75) is 19.8 Å². The van der Waals surface area contributed by atoms with Crippen molar-refractivity contribution in [2.24, 2.45) is 7.05 Å². The van der Waals surface area contributed by atoms with Gasteiger partial charge in [0.25, 0.3) is 11.5 Å². The molecule has 0 aliphatic heterocycles. The maximum atomic E-state index is 13.0. The van der Waals surface area contributed by atoms with Crippen LogP contribution in [0.5, 0.6) is 11.6 Å². The molecule has 0 radical (unpaired) electrons. The standard InChI is InChI=1S/C16H19F2N3O4S/c1-4-24-26-25-12-7-10(19)8-20-14(12)11-5-6-13(21(3)15(11)22)23-9-16(2,17)18/h5-8H,4,9,19H2,1-3H3. The molecule has 2 aromatic rings. The van der Waals surface area contributed by atoms with Gasteiger partial charge in [-0.25, -0.2) is 13.8 Å².